The summed E-state index contributed by atoms with van der Waals surface area (Å²) in [5.41, 5.74) is 0.514. The number of ether oxygens (including phenoxy) is 1. The second-order valence-corrected chi connectivity index (χ2v) is 6.34. The lowest BCUT2D eigenvalue weighted by molar-refractivity contribution is -0.123. The van der Waals surface area contributed by atoms with Gasteiger partial charge >= 0.3 is 5.97 Å². The number of carbonyl (C=O) groups is 2. The molecule has 1 aromatic heterocycles. The molecule has 0 radical (unpaired) electrons. The van der Waals surface area contributed by atoms with Crippen LogP contribution in [0.5, 0.6) is 0 Å². The average molecular weight is 385 g/mol. The van der Waals surface area contributed by atoms with E-state index in [0.29, 0.717) is 22.3 Å². The zero-order valence-electron chi connectivity index (χ0n) is 14.0. The number of hydrogen-bond donors (Lipinski definition) is 2. The molecule has 1 heterocycles. The Morgan fingerprint density at radius 3 is 2.50 bits per heavy atom. The van der Waals surface area contributed by atoms with Crippen LogP contribution in [0.25, 0.3) is 0 Å². The number of halogens is 2. The van der Waals surface area contributed by atoms with Crippen molar-refractivity contribution in [1.29, 1.82) is 0 Å². The number of carbonyl (C=O) groups excluding carboxylic acids is 2. The molecule has 6 nitrogen and oxygen atoms in total. The largest absolute Gasteiger partial charge is 0.463 e. The van der Waals surface area contributed by atoms with Crippen LogP contribution in [0.1, 0.15) is 28.8 Å². The van der Waals surface area contributed by atoms with Crippen LogP contribution in [-0.4, -0.2) is 28.8 Å². The first-order chi connectivity index (χ1) is 12.3. The predicted octanol–water partition coefficient (Wildman–Crippen LogP) is 3.58. The first kappa shape index (κ1) is 19.9. The van der Waals surface area contributed by atoms with E-state index in [1.165, 1.54) is 37.3 Å². The Hall–Kier alpha value is -2.39. The molecule has 2 aromatic rings. The van der Waals surface area contributed by atoms with Crippen molar-refractivity contribution in [2.75, 3.05) is 5.32 Å². The van der Waals surface area contributed by atoms with Gasteiger partial charge in [0.2, 0.25) is 0 Å². The second-order valence-electron chi connectivity index (χ2n) is 5.28. The van der Waals surface area contributed by atoms with Gasteiger partial charge in [0.1, 0.15) is 23.7 Å². The third-order valence-electron chi connectivity index (χ3n) is 3.34. The van der Waals surface area contributed by atoms with E-state index in [2.05, 4.69) is 5.32 Å². The van der Waals surface area contributed by atoms with E-state index in [1.54, 1.807) is 6.92 Å². The molecule has 140 valence electrons. The van der Waals surface area contributed by atoms with Gasteiger partial charge in [-0.3, -0.25) is 4.79 Å². The molecule has 0 saturated carbocycles. The third kappa shape index (κ3) is 5.30. The molecule has 0 unspecified atom stereocenters. The van der Waals surface area contributed by atoms with E-state index in [1.807, 2.05) is 0 Å². The van der Waals surface area contributed by atoms with Crippen LogP contribution in [-0.2, 0) is 16.1 Å². The number of alkyl halides is 2. The highest BCUT2D eigenvalue weighted by atomic mass is 32.2. The quantitative estimate of drug-likeness (QED) is 0.559. The second kappa shape index (κ2) is 8.81. The molecule has 0 fully saturated rings. The molecule has 0 saturated heterocycles. The average Bonchev–Trinajstić information content (AvgIpc) is 2.97. The number of nitrogens with one attached hydrogen (secondary N) is 1. The summed E-state index contributed by atoms with van der Waals surface area (Å²) in [6.07, 6.45) is -1.09. The number of benzene rings is 1. The minimum absolute atomic E-state index is 0.127. The Labute approximate surface area is 152 Å². The number of aliphatic hydroxyl groups excluding tert-OH is 1. The topological polar surface area (TPSA) is 88.8 Å². The van der Waals surface area contributed by atoms with Gasteiger partial charge in [-0.1, -0.05) is 11.8 Å². The number of furan rings is 1. The lowest BCUT2D eigenvalue weighted by Crippen LogP contribution is -2.30. The van der Waals surface area contributed by atoms with Crippen LogP contribution >= 0.6 is 11.8 Å². The van der Waals surface area contributed by atoms with E-state index in [0.717, 1.165) is 0 Å². The van der Waals surface area contributed by atoms with Crippen molar-refractivity contribution in [3.8, 4) is 0 Å². The lowest BCUT2D eigenvalue weighted by atomic mass is 10.2. The van der Waals surface area contributed by atoms with E-state index in [4.69, 9.17) is 14.3 Å². The third-order valence-corrected chi connectivity index (χ3v) is 4.07. The van der Waals surface area contributed by atoms with Gasteiger partial charge < -0.3 is 19.6 Å². The highest BCUT2D eigenvalue weighted by molar-refractivity contribution is 7.99. The maximum Gasteiger partial charge on any atom is 0.342 e. The van der Waals surface area contributed by atoms with E-state index < -0.39 is 23.7 Å². The standard InChI is InChI=1S/C17H17F2NO5S/c1-9-14(7-12(8-21)24-9)16(23)25-10(2)15(22)20-11-3-5-13(6-4-11)26-17(18)19/h3-7,10,17,21H,8H2,1-2H3,(H,20,22)/t10-/m1/s1. The van der Waals surface area contributed by atoms with Crippen molar-refractivity contribution in [1.82, 2.24) is 0 Å². The van der Waals surface area contributed by atoms with Crippen molar-refractivity contribution >= 4 is 29.3 Å². The molecule has 0 spiro atoms. The van der Waals surface area contributed by atoms with E-state index in [-0.39, 0.29) is 23.7 Å². The van der Waals surface area contributed by atoms with Gasteiger partial charge in [-0.05, 0) is 44.2 Å². The number of aliphatic hydroxyl groups is 1. The van der Waals surface area contributed by atoms with Crippen LogP contribution < -0.4 is 5.32 Å². The molecule has 9 heteroatoms. The summed E-state index contributed by atoms with van der Waals surface area (Å²) in [5, 5.41) is 11.5. The summed E-state index contributed by atoms with van der Waals surface area (Å²) in [4.78, 5) is 24.6. The summed E-state index contributed by atoms with van der Waals surface area (Å²) in [6, 6.07) is 7.21. The van der Waals surface area contributed by atoms with Crippen molar-refractivity contribution < 1.29 is 32.6 Å². The summed E-state index contributed by atoms with van der Waals surface area (Å²) in [5.74, 6) is -3.35. The van der Waals surface area contributed by atoms with Gasteiger partial charge in [-0.15, -0.1) is 0 Å². The summed E-state index contributed by atoms with van der Waals surface area (Å²) in [7, 11) is 0. The van der Waals surface area contributed by atoms with Gasteiger partial charge in [0.05, 0.1) is 0 Å². The number of hydrogen-bond acceptors (Lipinski definition) is 6. The summed E-state index contributed by atoms with van der Waals surface area (Å²) in [6.45, 7) is 2.58. The minimum atomic E-state index is -2.52. The fourth-order valence-electron chi connectivity index (χ4n) is 2.07. The van der Waals surface area contributed by atoms with Crippen molar-refractivity contribution in [2.45, 2.75) is 37.2 Å². The minimum Gasteiger partial charge on any atom is -0.463 e. The van der Waals surface area contributed by atoms with Crippen molar-refractivity contribution in [2.24, 2.45) is 0 Å². The van der Waals surface area contributed by atoms with Crippen LogP contribution in [0.15, 0.2) is 39.6 Å². The fraction of sp³-hybridized carbons (Fsp3) is 0.294. The molecular weight excluding hydrogens is 368 g/mol. The van der Waals surface area contributed by atoms with Crippen LogP contribution in [0.2, 0.25) is 0 Å². The molecule has 2 rings (SSSR count). The van der Waals surface area contributed by atoms with E-state index >= 15 is 0 Å². The molecule has 2 N–H and O–H groups in total. The molecule has 26 heavy (non-hydrogen) atoms. The van der Waals surface area contributed by atoms with Gasteiger partial charge in [-0.2, -0.15) is 8.78 Å². The number of anilines is 1. The molecule has 0 aliphatic carbocycles. The van der Waals surface area contributed by atoms with Crippen LogP contribution in [0.4, 0.5) is 14.5 Å². The highest BCUT2D eigenvalue weighted by Gasteiger charge is 2.22. The summed E-state index contributed by atoms with van der Waals surface area (Å²) < 4.78 is 34.8. The van der Waals surface area contributed by atoms with Crippen LogP contribution in [0, 0.1) is 6.92 Å². The SMILES string of the molecule is Cc1oc(CO)cc1C(=O)O[C@H](C)C(=O)Nc1ccc(SC(F)F)cc1. The maximum absolute atomic E-state index is 12.3. The normalized spacial score (nSPS) is 12.1. The predicted molar refractivity (Wildman–Crippen MR) is 91.2 cm³/mol. The first-order valence-corrected chi connectivity index (χ1v) is 8.45. The van der Waals surface area contributed by atoms with Gasteiger partial charge in [0, 0.05) is 10.6 Å². The smallest absolute Gasteiger partial charge is 0.342 e. The number of esters is 1. The van der Waals surface area contributed by atoms with E-state index in [9.17, 15) is 18.4 Å². The first-order valence-electron chi connectivity index (χ1n) is 7.57. The maximum atomic E-state index is 12.3. The van der Waals surface area contributed by atoms with Crippen molar-refractivity contribution in [3.05, 3.63) is 47.4 Å². The fourth-order valence-corrected chi connectivity index (χ4v) is 2.56. The molecule has 1 amide bonds. The molecule has 1 atom stereocenters. The zero-order valence-corrected chi connectivity index (χ0v) is 14.8. The van der Waals surface area contributed by atoms with Gasteiger partial charge in [0.25, 0.3) is 11.7 Å². The summed E-state index contributed by atoms with van der Waals surface area (Å²) >= 11 is 0.401. The Balaban J connectivity index is 1.94. The lowest BCUT2D eigenvalue weighted by Gasteiger charge is -2.13. The van der Waals surface area contributed by atoms with Crippen molar-refractivity contribution in [3.63, 3.8) is 0 Å². The molecule has 0 aliphatic heterocycles. The Morgan fingerprint density at radius 1 is 1.31 bits per heavy atom. The monoisotopic (exact) mass is 385 g/mol. The highest BCUT2D eigenvalue weighted by Crippen LogP contribution is 2.26. The Kier molecular flexibility index (Phi) is 6.76. The molecule has 1 aromatic carbocycles. The van der Waals surface area contributed by atoms with Gasteiger partial charge in [0.15, 0.2) is 6.10 Å². The molecule has 0 bridgehead atoms. The molecular formula is C17H17F2NO5S. The number of aryl methyl sites for hydroxylation is 1. The Bertz CT molecular complexity index is 776. The van der Waals surface area contributed by atoms with Crippen LogP contribution in [0.3, 0.4) is 0 Å². The number of thioether (sulfide) groups is 1. The zero-order chi connectivity index (χ0) is 19.3. The van der Waals surface area contributed by atoms with Gasteiger partial charge in [-0.25, -0.2) is 4.79 Å². The Morgan fingerprint density at radius 2 is 1.96 bits per heavy atom. The number of rotatable bonds is 7. The number of amides is 1. The molecule has 0 aliphatic rings.